The van der Waals surface area contributed by atoms with Crippen LogP contribution in [0.1, 0.15) is 16.7 Å². The molecule has 1 aliphatic heterocycles. The zero-order chi connectivity index (χ0) is 21.7. The standard InChI is InChI=1S/C21H20F3N5O/c22-21(23,24)13-29-8-6-14-9-17(2-3-19(14)29)28-20(30)4-1-15-12-27-7-5-18(15)16(10-25)11-26/h1-5,7,9-12,25H,6,8,13,26H2,(H,28,30)/b4-1+,16-11+,25-10?. The molecule has 156 valence electrons. The number of carbonyl (C=O) groups is 1. The van der Waals surface area contributed by atoms with Crippen molar-refractivity contribution < 1.29 is 18.0 Å². The van der Waals surface area contributed by atoms with Gasteiger partial charge in [0.2, 0.25) is 5.91 Å². The first-order valence-corrected chi connectivity index (χ1v) is 9.11. The Kier molecular flexibility index (Phi) is 6.20. The van der Waals surface area contributed by atoms with E-state index in [2.05, 4.69) is 10.3 Å². The second-order valence-electron chi connectivity index (χ2n) is 6.68. The quantitative estimate of drug-likeness (QED) is 0.496. The summed E-state index contributed by atoms with van der Waals surface area (Å²) in [5, 5.41) is 10.1. The molecule has 30 heavy (non-hydrogen) atoms. The van der Waals surface area contributed by atoms with Crippen molar-refractivity contribution in [1.29, 1.82) is 5.41 Å². The number of hydrogen-bond acceptors (Lipinski definition) is 5. The zero-order valence-corrected chi connectivity index (χ0v) is 15.9. The van der Waals surface area contributed by atoms with E-state index in [1.807, 2.05) is 0 Å². The number of rotatable bonds is 6. The van der Waals surface area contributed by atoms with Crippen molar-refractivity contribution in [3.63, 3.8) is 0 Å². The number of nitrogens with one attached hydrogen (secondary N) is 2. The van der Waals surface area contributed by atoms with E-state index in [9.17, 15) is 18.0 Å². The molecular weight excluding hydrogens is 395 g/mol. The third-order valence-corrected chi connectivity index (χ3v) is 4.62. The summed E-state index contributed by atoms with van der Waals surface area (Å²) in [4.78, 5) is 17.6. The Labute approximate surface area is 171 Å². The smallest absolute Gasteiger partial charge is 0.404 e. The number of nitrogens with two attached hydrogens (primary N) is 1. The molecule has 0 aliphatic carbocycles. The molecule has 0 unspecified atom stereocenters. The summed E-state index contributed by atoms with van der Waals surface area (Å²) in [7, 11) is 0. The van der Waals surface area contributed by atoms with Gasteiger partial charge in [-0.3, -0.25) is 9.78 Å². The number of pyridine rings is 1. The predicted octanol–water partition coefficient (Wildman–Crippen LogP) is 3.61. The monoisotopic (exact) mass is 415 g/mol. The number of carbonyl (C=O) groups excluding carboxylic acids is 1. The summed E-state index contributed by atoms with van der Waals surface area (Å²) in [5.74, 6) is -0.400. The van der Waals surface area contributed by atoms with Crippen molar-refractivity contribution in [2.24, 2.45) is 5.73 Å². The Morgan fingerprint density at radius 1 is 1.33 bits per heavy atom. The Morgan fingerprint density at radius 2 is 2.13 bits per heavy atom. The molecule has 0 atom stereocenters. The molecule has 0 radical (unpaired) electrons. The van der Waals surface area contributed by atoms with Crippen molar-refractivity contribution in [2.75, 3.05) is 23.3 Å². The van der Waals surface area contributed by atoms with Gasteiger partial charge in [-0.1, -0.05) is 0 Å². The zero-order valence-electron chi connectivity index (χ0n) is 15.9. The highest BCUT2D eigenvalue weighted by molar-refractivity contribution is 6.10. The van der Waals surface area contributed by atoms with Crippen LogP contribution < -0.4 is 16.0 Å². The van der Waals surface area contributed by atoms with Crippen LogP contribution in [-0.2, 0) is 11.2 Å². The van der Waals surface area contributed by atoms with Gasteiger partial charge >= 0.3 is 6.18 Å². The van der Waals surface area contributed by atoms with Gasteiger partial charge in [0.15, 0.2) is 0 Å². The molecule has 0 bridgehead atoms. The van der Waals surface area contributed by atoms with E-state index in [4.69, 9.17) is 11.1 Å². The minimum atomic E-state index is -4.26. The van der Waals surface area contributed by atoms with Gasteiger partial charge in [0, 0.05) is 59.9 Å². The molecule has 1 aromatic heterocycles. The first-order chi connectivity index (χ1) is 14.3. The fourth-order valence-corrected chi connectivity index (χ4v) is 3.30. The van der Waals surface area contributed by atoms with Crippen LogP contribution in [-0.4, -0.2) is 36.4 Å². The lowest BCUT2D eigenvalue weighted by Crippen LogP contribution is -2.32. The van der Waals surface area contributed by atoms with Gasteiger partial charge < -0.3 is 21.4 Å². The van der Waals surface area contributed by atoms with E-state index in [0.29, 0.717) is 41.0 Å². The number of nitrogens with zero attached hydrogens (tertiary/aromatic N) is 2. The highest BCUT2D eigenvalue weighted by atomic mass is 19.4. The Morgan fingerprint density at radius 3 is 2.83 bits per heavy atom. The maximum atomic E-state index is 12.7. The molecule has 0 saturated carbocycles. The molecule has 6 nitrogen and oxygen atoms in total. The maximum Gasteiger partial charge on any atom is 0.405 e. The van der Waals surface area contributed by atoms with Gasteiger partial charge in [-0.05, 0) is 47.9 Å². The number of benzene rings is 1. The lowest BCUT2D eigenvalue weighted by atomic mass is 10.0. The molecule has 9 heteroatoms. The summed E-state index contributed by atoms with van der Waals surface area (Å²) in [6, 6.07) is 6.56. The van der Waals surface area contributed by atoms with Gasteiger partial charge in [-0.25, -0.2) is 0 Å². The first-order valence-electron chi connectivity index (χ1n) is 9.11. The molecule has 2 heterocycles. The predicted molar refractivity (Wildman–Crippen MR) is 111 cm³/mol. The molecule has 1 amide bonds. The lowest BCUT2D eigenvalue weighted by molar-refractivity contribution is -0.119. The minimum Gasteiger partial charge on any atom is -0.404 e. The van der Waals surface area contributed by atoms with Crippen LogP contribution in [0.5, 0.6) is 0 Å². The van der Waals surface area contributed by atoms with Crippen molar-refractivity contribution in [1.82, 2.24) is 4.98 Å². The molecule has 2 aromatic rings. The minimum absolute atomic E-state index is 0.292. The highest BCUT2D eigenvalue weighted by Gasteiger charge is 2.33. The summed E-state index contributed by atoms with van der Waals surface area (Å²) in [5.41, 5.74) is 9.09. The summed E-state index contributed by atoms with van der Waals surface area (Å²) in [6.45, 7) is -0.698. The molecule has 3 rings (SSSR count). The SMILES string of the molecule is N=C/C(=C\N)c1ccncc1/C=C/C(=O)Nc1ccc2c(c1)CCN2CC(F)(F)F. The lowest BCUT2D eigenvalue weighted by Gasteiger charge is -2.21. The Balaban J connectivity index is 1.70. The van der Waals surface area contributed by atoms with Crippen LogP contribution in [0.4, 0.5) is 24.5 Å². The fourth-order valence-electron chi connectivity index (χ4n) is 3.30. The number of alkyl halides is 3. The van der Waals surface area contributed by atoms with E-state index >= 15 is 0 Å². The summed E-state index contributed by atoms with van der Waals surface area (Å²) >= 11 is 0. The van der Waals surface area contributed by atoms with Crippen LogP contribution in [0.2, 0.25) is 0 Å². The number of allylic oxidation sites excluding steroid dienone is 1. The van der Waals surface area contributed by atoms with E-state index < -0.39 is 18.6 Å². The van der Waals surface area contributed by atoms with Crippen molar-refractivity contribution in [3.05, 3.63) is 65.6 Å². The number of hydrogen-bond donors (Lipinski definition) is 3. The van der Waals surface area contributed by atoms with Gasteiger partial charge in [0.05, 0.1) is 0 Å². The van der Waals surface area contributed by atoms with Crippen molar-refractivity contribution >= 4 is 35.1 Å². The normalized spacial score (nSPS) is 14.1. The van der Waals surface area contributed by atoms with Crippen LogP contribution in [0.25, 0.3) is 11.6 Å². The molecular formula is C21H20F3N5O. The molecule has 1 aromatic carbocycles. The second kappa shape index (κ2) is 8.81. The van der Waals surface area contributed by atoms with E-state index in [0.717, 1.165) is 11.8 Å². The number of fused-ring (bicyclic) bond motifs is 1. The maximum absolute atomic E-state index is 12.7. The van der Waals surface area contributed by atoms with Gasteiger partial charge in [-0.15, -0.1) is 0 Å². The average molecular weight is 415 g/mol. The highest BCUT2D eigenvalue weighted by Crippen LogP contribution is 2.32. The van der Waals surface area contributed by atoms with E-state index in [-0.39, 0.29) is 0 Å². The van der Waals surface area contributed by atoms with Crippen molar-refractivity contribution in [3.8, 4) is 0 Å². The van der Waals surface area contributed by atoms with Gasteiger partial charge in [0.25, 0.3) is 0 Å². The summed E-state index contributed by atoms with van der Waals surface area (Å²) < 4.78 is 38.0. The van der Waals surface area contributed by atoms with Crippen LogP contribution in [0, 0.1) is 5.41 Å². The largest absolute Gasteiger partial charge is 0.405 e. The first kappa shape index (κ1) is 21.1. The Hall–Kier alpha value is -3.62. The second-order valence-corrected chi connectivity index (χ2v) is 6.68. The van der Waals surface area contributed by atoms with Gasteiger partial charge in [-0.2, -0.15) is 13.2 Å². The summed E-state index contributed by atoms with van der Waals surface area (Å²) in [6.07, 6.45) is 4.63. The number of halogens is 3. The van der Waals surface area contributed by atoms with Crippen LogP contribution in [0.3, 0.4) is 0 Å². The number of aromatic nitrogens is 1. The topological polar surface area (TPSA) is 95.1 Å². The molecule has 0 fully saturated rings. The molecule has 0 saturated heterocycles. The average Bonchev–Trinajstić information content (AvgIpc) is 3.08. The van der Waals surface area contributed by atoms with Crippen LogP contribution >= 0.6 is 0 Å². The number of anilines is 2. The fraction of sp³-hybridized carbons (Fsp3) is 0.190. The Bertz CT molecular complexity index is 1010. The van der Waals surface area contributed by atoms with E-state index in [1.54, 1.807) is 42.7 Å². The molecule has 0 spiro atoms. The third-order valence-electron chi connectivity index (χ3n) is 4.62. The molecule has 1 aliphatic rings. The van der Waals surface area contributed by atoms with Crippen molar-refractivity contribution in [2.45, 2.75) is 12.6 Å². The number of amides is 1. The third kappa shape index (κ3) is 5.05. The van der Waals surface area contributed by atoms with E-state index in [1.165, 1.54) is 17.2 Å². The van der Waals surface area contributed by atoms with Gasteiger partial charge in [0.1, 0.15) is 6.54 Å². The van der Waals surface area contributed by atoms with Crippen LogP contribution in [0.15, 0.2) is 48.9 Å². The molecule has 4 N–H and O–H groups in total.